The molecule has 1 aliphatic heterocycles. The number of aromatic nitrogens is 4. The number of benzene rings is 3. The lowest BCUT2D eigenvalue weighted by Gasteiger charge is -2.29. The van der Waals surface area contributed by atoms with E-state index in [4.69, 9.17) is 4.42 Å². The average molecular weight is 809 g/mol. The Hall–Kier alpha value is -6.78. The maximum absolute atomic E-state index is 14.3. The lowest BCUT2D eigenvalue weighted by atomic mass is 10.0. The molecule has 0 radical (unpaired) electrons. The SMILES string of the molecule is COC(=O)NCC(=O)N1CCC[C@H]1c1ncc(-c2ccc3c(=O)c4c(ccc5cc(-c6cnc(CN(C[C@@H](C)F)C(=O)C(NC(=O)OC)C(C)C)[nH]6)ccc54)oc3c2)[nH]1. The minimum absolute atomic E-state index is 0.0213. The molecule has 1 saturated heterocycles. The molecule has 4 amide bonds. The van der Waals surface area contributed by atoms with E-state index in [-0.39, 0.29) is 42.9 Å². The number of alkyl halides is 1. The molecule has 0 spiro atoms. The number of amides is 4. The summed E-state index contributed by atoms with van der Waals surface area (Å²) in [6, 6.07) is 13.4. The van der Waals surface area contributed by atoms with Gasteiger partial charge >= 0.3 is 12.2 Å². The Kier molecular flexibility index (Phi) is 11.6. The summed E-state index contributed by atoms with van der Waals surface area (Å²) >= 11 is 0. The molecular formula is C42H45FN8O8. The normalized spacial score (nSPS) is 15.1. The monoisotopic (exact) mass is 808 g/mol. The summed E-state index contributed by atoms with van der Waals surface area (Å²) in [4.78, 5) is 82.5. The molecule has 17 heteroatoms. The third kappa shape index (κ3) is 8.44. The molecule has 0 saturated carbocycles. The van der Waals surface area contributed by atoms with Gasteiger partial charge in [0.05, 0.1) is 67.9 Å². The highest BCUT2D eigenvalue weighted by Gasteiger charge is 2.33. The number of rotatable bonds is 12. The number of hydrogen-bond acceptors (Lipinski definition) is 10. The Morgan fingerprint density at radius 3 is 2.37 bits per heavy atom. The van der Waals surface area contributed by atoms with Gasteiger partial charge in [-0.2, -0.15) is 0 Å². The number of ether oxygens (including phenoxy) is 2. The number of fused-ring (bicyclic) bond motifs is 4. The van der Waals surface area contributed by atoms with Gasteiger partial charge in [0.1, 0.15) is 41.6 Å². The number of alkyl carbamates (subject to hydrolysis) is 2. The van der Waals surface area contributed by atoms with Crippen LogP contribution in [-0.2, 0) is 25.6 Å². The van der Waals surface area contributed by atoms with Gasteiger partial charge in [0.15, 0.2) is 0 Å². The quantitative estimate of drug-likeness (QED) is 0.0843. The molecule has 4 heterocycles. The number of methoxy groups -OCH3 is 2. The van der Waals surface area contributed by atoms with Crippen molar-refractivity contribution in [3.63, 3.8) is 0 Å². The van der Waals surface area contributed by atoms with Gasteiger partial charge in [0, 0.05) is 17.7 Å². The largest absolute Gasteiger partial charge is 0.456 e. The second kappa shape index (κ2) is 17.0. The summed E-state index contributed by atoms with van der Waals surface area (Å²) in [5, 5.41) is 7.32. The molecule has 3 aromatic carbocycles. The van der Waals surface area contributed by atoms with Crippen molar-refractivity contribution in [3.05, 3.63) is 82.8 Å². The molecule has 7 rings (SSSR count). The van der Waals surface area contributed by atoms with Crippen LogP contribution in [0.4, 0.5) is 14.0 Å². The summed E-state index contributed by atoms with van der Waals surface area (Å²) in [5.41, 5.74) is 3.50. The van der Waals surface area contributed by atoms with E-state index in [1.807, 2.05) is 30.3 Å². The predicted octanol–water partition coefficient (Wildman–Crippen LogP) is 5.97. The smallest absolute Gasteiger partial charge is 0.407 e. The van der Waals surface area contributed by atoms with Crippen molar-refractivity contribution >= 4 is 56.7 Å². The molecule has 59 heavy (non-hydrogen) atoms. The fraction of sp³-hybridized carbons (Fsp3) is 0.357. The van der Waals surface area contributed by atoms with Gasteiger partial charge in [0.2, 0.25) is 17.2 Å². The molecule has 3 atom stereocenters. The summed E-state index contributed by atoms with van der Waals surface area (Å²) in [5.74, 6) is 0.0623. The molecule has 16 nitrogen and oxygen atoms in total. The Morgan fingerprint density at radius 1 is 0.932 bits per heavy atom. The fourth-order valence-electron chi connectivity index (χ4n) is 7.54. The molecule has 308 valence electrons. The molecule has 1 aliphatic rings. The summed E-state index contributed by atoms with van der Waals surface area (Å²) in [6.45, 7) is 5.05. The molecule has 0 aliphatic carbocycles. The highest BCUT2D eigenvalue weighted by molar-refractivity contribution is 6.09. The molecule has 1 fully saturated rings. The highest BCUT2D eigenvalue weighted by Crippen LogP contribution is 2.34. The molecular weight excluding hydrogens is 764 g/mol. The number of aromatic amines is 2. The van der Waals surface area contributed by atoms with Crippen LogP contribution >= 0.6 is 0 Å². The van der Waals surface area contributed by atoms with E-state index in [9.17, 15) is 28.4 Å². The highest BCUT2D eigenvalue weighted by atomic mass is 19.1. The van der Waals surface area contributed by atoms with Gasteiger partial charge in [-0.3, -0.25) is 14.4 Å². The third-order valence-corrected chi connectivity index (χ3v) is 10.5. The molecule has 4 N–H and O–H groups in total. The first kappa shape index (κ1) is 40.4. The topological polar surface area (TPSA) is 205 Å². The van der Waals surface area contributed by atoms with Crippen molar-refractivity contribution in [2.45, 2.75) is 58.4 Å². The molecule has 0 bridgehead atoms. The fourth-order valence-corrected chi connectivity index (χ4v) is 7.54. The van der Waals surface area contributed by atoms with Crippen LogP contribution in [0.3, 0.4) is 0 Å². The number of halogens is 1. The first-order valence-electron chi connectivity index (χ1n) is 19.3. The zero-order valence-electron chi connectivity index (χ0n) is 33.3. The van der Waals surface area contributed by atoms with Gasteiger partial charge in [0.25, 0.3) is 0 Å². The van der Waals surface area contributed by atoms with Crippen molar-refractivity contribution in [3.8, 4) is 22.5 Å². The number of carbonyl (C=O) groups excluding carboxylic acids is 4. The van der Waals surface area contributed by atoms with E-state index in [1.165, 1.54) is 26.0 Å². The number of nitrogens with one attached hydrogen (secondary N) is 4. The molecule has 3 aromatic heterocycles. The minimum atomic E-state index is -1.32. The van der Waals surface area contributed by atoms with Crippen molar-refractivity contribution in [1.29, 1.82) is 0 Å². The Bertz CT molecular complexity index is 2620. The first-order chi connectivity index (χ1) is 28.3. The zero-order chi connectivity index (χ0) is 42.0. The van der Waals surface area contributed by atoms with Crippen LogP contribution in [0.1, 0.15) is 51.3 Å². The van der Waals surface area contributed by atoms with E-state index >= 15 is 0 Å². The Morgan fingerprint density at radius 2 is 1.64 bits per heavy atom. The van der Waals surface area contributed by atoms with Crippen LogP contribution in [0.15, 0.2) is 70.1 Å². The number of imidazole rings is 2. The first-order valence-corrected chi connectivity index (χ1v) is 19.3. The van der Waals surface area contributed by atoms with Crippen LogP contribution < -0.4 is 16.1 Å². The van der Waals surface area contributed by atoms with E-state index < -0.39 is 30.3 Å². The van der Waals surface area contributed by atoms with Crippen molar-refractivity contribution < 1.29 is 37.5 Å². The van der Waals surface area contributed by atoms with Crippen LogP contribution in [0.2, 0.25) is 0 Å². The van der Waals surface area contributed by atoms with Gasteiger partial charge < -0.3 is 44.3 Å². The van der Waals surface area contributed by atoms with E-state index in [1.54, 1.807) is 49.3 Å². The second-order valence-corrected chi connectivity index (χ2v) is 14.9. The Labute approximate surface area is 337 Å². The predicted molar refractivity (Wildman–Crippen MR) is 217 cm³/mol. The van der Waals surface area contributed by atoms with Crippen LogP contribution in [0.5, 0.6) is 0 Å². The van der Waals surface area contributed by atoms with Crippen LogP contribution in [0.25, 0.3) is 55.2 Å². The third-order valence-electron chi connectivity index (χ3n) is 10.5. The van der Waals surface area contributed by atoms with E-state index in [0.29, 0.717) is 63.3 Å². The van der Waals surface area contributed by atoms with E-state index in [2.05, 4.69) is 40.0 Å². The average Bonchev–Trinajstić information content (AvgIpc) is 4.02. The summed E-state index contributed by atoms with van der Waals surface area (Å²) in [7, 11) is 2.45. The molecule has 1 unspecified atom stereocenters. The second-order valence-electron chi connectivity index (χ2n) is 14.9. The van der Waals surface area contributed by atoms with E-state index in [0.717, 1.165) is 22.9 Å². The maximum Gasteiger partial charge on any atom is 0.407 e. The zero-order valence-corrected chi connectivity index (χ0v) is 33.3. The number of likely N-dealkylation sites (tertiary alicyclic amines) is 1. The lowest BCUT2D eigenvalue weighted by Crippen LogP contribution is -2.52. The summed E-state index contributed by atoms with van der Waals surface area (Å²) in [6.07, 6.45) is 2.06. The standard InChI is InChI=1S/C42H45FN8O8/c1-22(2)37(49-42(56)58-5)40(54)50(20-23(3)43)21-34-44-17-29(47-34)25-8-11-27-24(15-25)10-13-32-36(27)38(53)28-12-9-26(16-33(28)59-32)30-18-45-39(48-30)31-7-6-14-51(31)35(52)19-46-41(55)57-4/h8-13,15-18,22-23,31,37H,6-7,14,19-21H2,1-5H3,(H,44,47)(H,45,48)(H,46,55)(H,49,56)/t23-,31+,37?/m1/s1. The minimum Gasteiger partial charge on any atom is -0.456 e. The van der Waals surface area contributed by atoms with Crippen LogP contribution in [-0.4, -0.2) is 99.8 Å². The van der Waals surface area contributed by atoms with Gasteiger partial charge in [-0.15, -0.1) is 0 Å². The van der Waals surface area contributed by atoms with Crippen LogP contribution in [0, 0.1) is 5.92 Å². The summed E-state index contributed by atoms with van der Waals surface area (Å²) < 4.78 is 29.9. The lowest BCUT2D eigenvalue weighted by molar-refractivity contribution is -0.136. The van der Waals surface area contributed by atoms with Crippen molar-refractivity contribution in [2.24, 2.45) is 5.92 Å². The van der Waals surface area contributed by atoms with Gasteiger partial charge in [-0.25, -0.2) is 23.9 Å². The number of hydrogen-bond donors (Lipinski definition) is 4. The Balaban J connectivity index is 1.12. The van der Waals surface area contributed by atoms with Crippen molar-refractivity contribution in [2.75, 3.05) is 33.9 Å². The van der Waals surface area contributed by atoms with Gasteiger partial charge in [-0.1, -0.05) is 38.1 Å². The number of nitrogens with zero attached hydrogens (tertiary/aromatic N) is 4. The van der Waals surface area contributed by atoms with Gasteiger partial charge in [-0.05, 0) is 60.7 Å². The van der Waals surface area contributed by atoms with Crippen molar-refractivity contribution in [1.82, 2.24) is 40.4 Å². The molecule has 6 aromatic rings. The number of carbonyl (C=O) groups is 4. The number of H-pyrrole nitrogens is 2. The maximum atomic E-state index is 14.3.